The van der Waals surface area contributed by atoms with Gasteiger partial charge in [0, 0.05) is 42.8 Å². The Morgan fingerprint density at radius 1 is 0.614 bits per heavy atom. The van der Waals surface area contributed by atoms with Crippen LogP contribution in [0.1, 0.15) is 50.7 Å². The number of imidazole rings is 1. The molecule has 0 saturated carbocycles. The monoisotopic (exact) mass is 917 g/mol. The van der Waals surface area contributed by atoms with E-state index in [1.807, 2.05) is 91.1 Å². The number of aromatic nitrogens is 4. The Balaban J connectivity index is 0.000000201. The summed E-state index contributed by atoms with van der Waals surface area (Å²) in [7, 11) is 0. The Morgan fingerprint density at radius 2 is 1.35 bits per heavy atom. The number of hydrogen-bond acceptors (Lipinski definition) is 4. The van der Waals surface area contributed by atoms with Crippen LogP contribution in [0.5, 0.6) is 0 Å². The van der Waals surface area contributed by atoms with Crippen molar-refractivity contribution in [2.24, 2.45) is 0 Å². The van der Waals surface area contributed by atoms with E-state index in [1.54, 1.807) is 0 Å². The van der Waals surface area contributed by atoms with Crippen molar-refractivity contribution in [3.8, 4) is 39.5 Å². The fourth-order valence-electron chi connectivity index (χ4n) is 7.57. The van der Waals surface area contributed by atoms with Gasteiger partial charge in [-0.15, -0.1) is 54.1 Å². The molecule has 0 fully saturated rings. The van der Waals surface area contributed by atoms with Crippen molar-refractivity contribution in [3.63, 3.8) is 0 Å². The Labute approximate surface area is 346 Å². The fourth-order valence-corrected chi connectivity index (χ4v) is 7.57. The molecule has 0 amide bonds. The maximum absolute atomic E-state index is 6.45. The van der Waals surface area contributed by atoms with E-state index >= 15 is 0 Å². The van der Waals surface area contributed by atoms with Crippen LogP contribution in [0.2, 0.25) is 0 Å². The fraction of sp³-hybridized carbons (Fsp3) is 0.118. The molecule has 0 saturated heterocycles. The van der Waals surface area contributed by atoms with Crippen LogP contribution < -0.4 is 0 Å². The zero-order valence-corrected chi connectivity index (χ0v) is 34.6. The van der Waals surface area contributed by atoms with Gasteiger partial charge in [-0.05, 0) is 64.0 Å². The maximum atomic E-state index is 6.45. The van der Waals surface area contributed by atoms with Crippen LogP contribution in [0.15, 0.2) is 162 Å². The van der Waals surface area contributed by atoms with Gasteiger partial charge in [0.2, 0.25) is 0 Å². The van der Waals surface area contributed by atoms with Crippen LogP contribution in [-0.2, 0) is 20.1 Å². The molecule has 5 nitrogen and oxygen atoms in total. The number of para-hydroxylation sites is 3. The second-order valence-corrected chi connectivity index (χ2v) is 14.7. The summed E-state index contributed by atoms with van der Waals surface area (Å²) >= 11 is 0. The second-order valence-electron chi connectivity index (χ2n) is 14.7. The molecule has 0 aliphatic heterocycles. The Bertz CT molecular complexity index is 2900. The summed E-state index contributed by atoms with van der Waals surface area (Å²) in [5.74, 6) is 1.45. The third-order valence-corrected chi connectivity index (χ3v) is 10.3. The summed E-state index contributed by atoms with van der Waals surface area (Å²) in [6.45, 7) is 9.01. The van der Waals surface area contributed by atoms with Gasteiger partial charge in [0.15, 0.2) is 5.65 Å². The predicted octanol–water partition coefficient (Wildman–Crippen LogP) is 13.4. The van der Waals surface area contributed by atoms with E-state index < -0.39 is 0 Å². The summed E-state index contributed by atoms with van der Waals surface area (Å²) in [5, 5.41) is 3.24. The van der Waals surface area contributed by atoms with Crippen LogP contribution in [-0.4, -0.2) is 19.5 Å². The number of benzene rings is 6. The minimum absolute atomic E-state index is 0. The van der Waals surface area contributed by atoms with Gasteiger partial charge in [0.25, 0.3) is 0 Å². The van der Waals surface area contributed by atoms with E-state index in [-0.39, 0.29) is 20.1 Å². The first-order valence-electron chi connectivity index (χ1n) is 19.2. The van der Waals surface area contributed by atoms with Crippen LogP contribution >= 0.6 is 0 Å². The molecule has 0 aliphatic carbocycles. The van der Waals surface area contributed by atoms with Crippen molar-refractivity contribution in [3.05, 3.63) is 181 Å². The molecule has 0 atom stereocenters. The average Bonchev–Trinajstić information content (AvgIpc) is 3.81. The molecule has 0 unspecified atom stereocenters. The van der Waals surface area contributed by atoms with Gasteiger partial charge in [-0.1, -0.05) is 130 Å². The van der Waals surface area contributed by atoms with Crippen molar-refractivity contribution < 1.29 is 24.5 Å². The molecule has 1 radical (unpaired) electrons. The third kappa shape index (κ3) is 7.19. The molecule has 281 valence electrons. The molecule has 10 rings (SSSR count). The van der Waals surface area contributed by atoms with E-state index in [0.717, 1.165) is 61.0 Å². The minimum atomic E-state index is 0. The predicted molar refractivity (Wildman–Crippen MR) is 230 cm³/mol. The second kappa shape index (κ2) is 16.1. The molecular formula is C51H40IrN4O-2. The van der Waals surface area contributed by atoms with Crippen LogP contribution in [0, 0.1) is 12.1 Å². The van der Waals surface area contributed by atoms with E-state index in [9.17, 15) is 0 Å². The van der Waals surface area contributed by atoms with Crippen LogP contribution in [0.3, 0.4) is 0 Å². The van der Waals surface area contributed by atoms with E-state index in [0.29, 0.717) is 17.5 Å². The number of furan rings is 1. The van der Waals surface area contributed by atoms with Crippen LogP contribution in [0.4, 0.5) is 0 Å². The van der Waals surface area contributed by atoms with E-state index in [1.165, 1.54) is 27.9 Å². The summed E-state index contributed by atoms with van der Waals surface area (Å²) in [4.78, 5) is 14.6. The molecule has 57 heavy (non-hydrogen) atoms. The van der Waals surface area contributed by atoms with E-state index in [2.05, 4.69) is 116 Å². The van der Waals surface area contributed by atoms with Gasteiger partial charge in [-0.2, -0.15) is 0 Å². The maximum Gasteiger partial charge on any atom is 0.168 e. The van der Waals surface area contributed by atoms with Gasteiger partial charge in [-0.3, -0.25) is 4.98 Å². The van der Waals surface area contributed by atoms with Crippen molar-refractivity contribution in [1.29, 1.82) is 0 Å². The zero-order chi connectivity index (χ0) is 38.2. The summed E-state index contributed by atoms with van der Waals surface area (Å²) in [6.07, 6.45) is 1.85. The summed E-state index contributed by atoms with van der Waals surface area (Å²) in [5.41, 5.74) is 13.2. The molecule has 0 N–H and O–H groups in total. The molecule has 4 aromatic heterocycles. The molecule has 4 heterocycles. The van der Waals surface area contributed by atoms with Gasteiger partial charge < -0.3 is 14.0 Å². The molecule has 6 aromatic carbocycles. The van der Waals surface area contributed by atoms with Crippen molar-refractivity contribution in [2.45, 2.75) is 39.5 Å². The molecular weight excluding hydrogens is 877 g/mol. The standard InChI is InChI=1S/C34H28N3O.C17H12N.Ir/c1-20(2)23-13-9-14-24(21(3)4)31(23)37-29-19-22-11-5-7-17-28(22)35-33(29)36-34(37)27-16-10-15-26-25-12-6-8-18-30(25)38-32(26)27;1-3-7-14(8-4-1)16-11-12-18-17(13-16)15-9-5-2-6-10-15;/h5-15,17-21H,1-4H3;1-9,11-13H;/q2*-1;. The largest absolute Gasteiger partial charge is 0.501 e. The quantitative estimate of drug-likeness (QED) is 0.156. The van der Waals surface area contributed by atoms with Gasteiger partial charge in [-0.25, -0.2) is 4.98 Å². The number of pyridine rings is 2. The molecule has 0 aliphatic rings. The smallest absolute Gasteiger partial charge is 0.168 e. The Morgan fingerprint density at radius 3 is 2.12 bits per heavy atom. The van der Waals surface area contributed by atoms with Gasteiger partial charge >= 0.3 is 0 Å². The number of nitrogens with zero attached hydrogens (tertiary/aromatic N) is 4. The molecule has 0 spiro atoms. The normalized spacial score (nSPS) is 11.3. The molecule has 10 aromatic rings. The first kappa shape index (κ1) is 37.7. The average molecular weight is 917 g/mol. The number of rotatable bonds is 6. The topological polar surface area (TPSA) is 56.7 Å². The minimum Gasteiger partial charge on any atom is -0.501 e. The SMILES string of the molecule is CC(C)c1cccc(C(C)C)c1-n1c(-c2[c-]ccc3c2oc2ccccc23)nc2nc3ccccc3cc21.[Ir].[c-]1ccccc1-c1cc(-c2ccccc2)ccn1. The number of hydrogen-bond donors (Lipinski definition) is 0. The third-order valence-electron chi connectivity index (χ3n) is 10.3. The first-order chi connectivity index (χ1) is 27.4. The zero-order valence-electron chi connectivity index (χ0n) is 32.2. The van der Waals surface area contributed by atoms with Crippen molar-refractivity contribution in [2.75, 3.05) is 0 Å². The Hall–Kier alpha value is -6.20. The number of fused-ring (bicyclic) bond motifs is 5. The van der Waals surface area contributed by atoms with Crippen molar-refractivity contribution >= 4 is 44.0 Å². The molecule has 0 bridgehead atoms. The summed E-state index contributed by atoms with van der Waals surface area (Å²) < 4.78 is 8.76. The summed E-state index contributed by atoms with van der Waals surface area (Å²) in [6, 6.07) is 58.4. The van der Waals surface area contributed by atoms with Crippen molar-refractivity contribution in [1.82, 2.24) is 19.5 Å². The van der Waals surface area contributed by atoms with E-state index in [4.69, 9.17) is 14.4 Å². The van der Waals surface area contributed by atoms with Gasteiger partial charge in [0.1, 0.15) is 5.58 Å². The Kier molecular flexibility index (Phi) is 10.7. The van der Waals surface area contributed by atoms with Crippen LogP contribution in [0.25, 0.3) is 83.5 Å². The molecule has 6 heteroatoms. The van der Waals surface area contributed by atoms with Gasteiger partial charge in [0.05, 0.1) is 22.4 Å². The first-order valence-corrected chi connectivity index (χ1v) is 19.2.